The third kappa shape index (κ3) is 7.08. The number of ether oxygens (including phenoxy) is 2. The van der Waals surface area contributed by atoms with E-state index in [2.05, 4.69) is 0 Å². The van der Waals surface area contributed by atoms with E-state index in [-0.39, 0.29) is 6.42 Å². The molecule has 5 N–H and O–H groups in total. The number of nitrogens with two attached hydrogens (primary N) is 1. The highest BCUT2D eigenvalue weighted by Gasteiger charge is 2.44. The number of amides is 1. The zero-order valence-electron chi connectivity index (χ0n) is 21.0. The highest BCUT2D eigenvalue weighted by molar-refractivity contribution is 7.99. The zero-order chi connectivity index (χ0) is 27.2. The van der Waals surface area contributed by atoms with E-state index in [0.717, 1.165) is 27.3 Å². The summed E-state index contributed by atoms with van der Waals surface area (Å²) in [6, 6.07) is 20.6. The number of thioether (sulfide) groups is 1. The van der Waals surface area contributed by atoms with Crippen molar-refractivity contribution in [2.24, 2.45) is 5.73 Å². The van der Waals surface area contributed by atoms with Crippen LogP contribution in [-0.4, -0.2) is 58.0 Å². The SMILES string of the molecule is CCOc1ccc(Cc2cc([C@@H]3O[C@H](CSc4cccc(CC(N)=O)c4)[C@@H](O)[C@H](O)[C@H]3O)ccc2Cl)cc1. The molecular formula is C29H32ClNO6S. The smallest absolute Gasteiger partial charge is 0.221 e. The number of hydrogen-bond donors (Lipinski definition) is 4. The highest BCUT2D eigenvalue weighted by Crippen LogP contribution is 2.36. The lowest BCUT2D eigenvalue weighted by atomic mass is 9.90. The van der Waals surface area contributed by atoms with Gasteiger partial charge in [-0.05, 0) is 65.9 Å². The fourth-order valence-electron chi connectivity index (χ4n) is 4.49. The van der Waals surface area contributed by atoms with Crippen molar-refractivity contribution in [1.29, 1.82) is 0 Å². The maximum Gasteiger partial charge on any atom is 0.221 e. The van der Waals surface area contributed by atoms with Crippen molar-refractivity contribution in [2.45, 2.75) is 55.2 Å². The Morgan fingerprint density at radius 1 is 1.00 bits per heavy atom. The lowest BCUT2D eigenvalue weighted by molar-refractivity contribution is -0.218. The van der Waals surface area contributed by atoms with Gasteiger partial charge in [0.15, 0.2) is 0 Å². The second-order valence-corrected chi connectivity index (χ2v) is 10.8. The molecule has 5 atom stereocenters. The Morgan fingerprint density at radius 2 is 1.76 bits per heavy atom. The minimum atomic E-state index is -1.38. The summed E-state index contributed by atoms with van der Waals surface area (Å²) in [6.45, 7) is 2.53. The number of hydrogen-bond acceptors (Lipinski definition) is 7. The minimum absolute atomic E-state index is 0.138. The number of carbonyl (C=O) groups excluding carboxylic acids is 1. The van der Waals surface area contributed by atoms with Gasteiger partial charge in [0.1, 0.15) is 30.2 Å². The van der Waals surface area contributed by atoms with E-state index in [1.165, 1.54) is 11.8 Å². The molecule has 0 radical (unpaired) electrons. The monoisotopic (exact) mass is 557 g/mol. The summed E-state index contributed by atoms with van der Waals surface area (Å²) < 4.78 is 11.7. The molecule has 1 fully saturated rings. The summed E-state index contributed by atoms with van der Waals surface area (Å²) in [5.41, 5.74) is 8.64. The normalized spacial score (nSPS) is 23.2. The van der Waals surface area contributed by atoms with Gasteiger partial charge in [0.05, 0.1) is 19.1 Å². The van der Waals surface area contributed by atoms with Crippen molar-refractivity contribution in [3.63, 3.8) is 0 Å². The summed E-state index contributed by atoms with van der Waals surface area (Å²) in [5, 5.41) is 32.6. The summed E-state index contributed by atoms with van der Waals surface area (Å²) in [7, 11) is 0. The standard InChI is InChI=1S/C29H32ClNO6S/c1-2-36-21-9-6-17(7-10-21)12-20-15-19(8-11-23(20)30)29-28(35)27(34)26(33)24(37-29)16-38-22-5-3-4-18(13-22)14-25(31)32/h3-11,13,15,24,26-29,33-35H,2,12,14,16H2,1H3,(H2,31,32)/t24-,26-,27+,28-,29+/m1/s1. The zero-order valence-corrected chi connectivity index (χ0v) is 22.6. The summed E-state index contributed by atoms with van der Waals surface area (Å²) in [5.74, 6) is 0.711. The lowest BCUT2D eigenvalue weighted by Gasteiger charge is -2.41. The van der Waals surface area contributed by atoms with Crippen molar-refractivity contribution in [3.8, 4) is 5.75 Å². The third-order valence-electron chi connectivity index (χ3n) is 6.43. The van der Waals surface area contributed by atoms with Crippen molar-refractivity contribution < 1.29 is 29.6 Å². The molecule has 7 nitrogen and oxygen atoms in total. The Balaban J connectivity index is 1.48. The average molecular weight is 558 g/mol. The Morgan fingerprint density at radius 3 is 2.47 bits per heavy atom. The number of primary amides is 1. The van der Waals surface area contributed by atoms with E-state index in [4.69, 9.17) is 26.8 Å². The topological polar surface area (TPSA) is 122 Å². The van der Waals surface area contributed by atoms with E-state index in [0.29, 0.717) is 29.4 Å². The maximum absolute atomic E-state index is 11.2. The number of halogens is 1. The van der Waals surface area contributed by atoms with Crippen LogP contribution < -0.4 is 10.5 Å². The Labute approximate surface area is 231 Å². The predicted molar refractivity (Wildman–Crippen MR) is 148 cm³/mol. The van der Waals surface area contributed by atoms with Gasteiger partial charge in [0.2, 0.25) is 5.91 Å². The number of benzene rings is 3. The molecule has 0 bridgehead atoms. The molecule has 202 valence electrons. The average Bonchev–Trinajstić information content (AvgIpc) is 2.89. The van der Waals surface area contributed by atoms with Crippen LogP contribution in [0.5, 0.6) is 5.75 Å². The van der Waals surface area contributed by atoms with Gasteiger partial charge in [-0.15, -0.1) is 11.8 Å². The molecule has 4 rings (SSSR count). The van der Waals surface area contributed by atoms with Gasteiger partial charge in [-0.3, -0.25) is 4.79 Å². The quantitative estimate of drug-likeness (QED) is 0.281. The first-order valence-electron chi connectivity index (χ1n) is 12.4. The number of rotatable bonds is 10. The van der Waals surface area contributed by atoms with E-state index in [1.54, 1.807) is 12.1 Å². The Bertz CT molecular complexity index is 1240. The van der Waals surface area contributed by atoms with Crippen LogP contribution in [0.2, 0.25) is 5.02 Å². The molecule has 9 heteroatoms. The van der Waals surface area contributed by atoms with Gasteiger partial charge >= 0.3 is 0 Å². The molecule has 1 saturated heterocycles. The molecule has 0 unspecified atom stereocenters. The van der Waals surface area contributed by atoms with Crippen LogP contribution in [0.1, 0.15) is 35.3 Å². The fourth-order valence-corrected chi connectivity index (χ4v) is 5.71. The lowest BCUT2D eigenvalue weighted by Crippen LogP contribution is -2.54. The van der Waals surface area contributed by atoms with E-state index < -0.39 is 36.4 Å². The molecule has 0 saturated carbocycles. The largest absolute Gasteiger partial charge is 0.494 e. The first-order chi connectivity index (χ1) is 18.2. The second-order valence-electron chi connectivity index (χ2n) is 9.27. The first kappa shape index (κ1) is 28.4. The van der Waals surface area contributed by atoms with Crippen LogP contribution in [0.3, 0.4) is 0 Å². The molecule has 0 aromatic heterocycles. The van der Waals surface area contributed by atoms with Gasteiger partial charge in [-0.25, -0.2) is 0 Å². The number of aliphatic hydroxyl groups is 3. The Kier molecular flexibility index (Phi) is 9.70. The molecule has 1 aliphatic rings. The Hall–Kier alpha value is -2.59. The van der Waals surface area contributed by atoms with Crippen LogP contribution in [0.25, 0.3) is 0 Å². The first-order valence-corrected chi connectivity index (χ1v) is 13.8. The second kappa shape index (κ2) is 13.0. The van der Waals surface area contributed by atoms with Crippen LogP contribution in [0.4, 0.5) is 0 Å². The van der Waals surface area contributed by atoms with Crippen molar-refractivity contribution in [1.82, 2.24) is 0 Å². The van der Waals surface area contributed by atoms with Gasteiger partial charge in [-0.2, -0.15) is 0 Å². The molecule has 1 aliphatic heterocycles. The molecule has 1 amide bonds. The van der Waals surface area contributed by atoms with Crippen LogP contribution in [-0.2, 0) is 22.4 Å². The van der Waals surface area contributed by atoms with Crippen LogP contribution in [0, 0.1) is 0 Å². The van der Waals surface area contributed by atoms with Gasteiger partial charge in [0.25, 0.3) is 0 Å². The van der Waals surface area contributed by atoms with Gasteiger partial charge in [-0.1, -0.05) is 48.0 Å². The molecule has 0 aliphatic carbocycles. The highest BCUT2D eigenvalue weighted by atomic mass is 35.5. The molecular weight excluding hydrogens is 526 g/mol. The fraction of sp³-hybridized carbons (Fsp3) is 0.345. The molecule has 38 heavy (non-hydrogen) atoms. The molecule has 1 heterocycles. The van der Waals surface area contributed by atoms with E-state index in [1.807, 2.05) is 61.5 Å². The summed E-state index contributed by atoms with van der Waals surface area (Å²) in [4.78, 5) is 12.1. The van der Waals surface area contributed by atoms with Crippen LogP contribution >= 0.6 is 23.4 Å². The van der Waals surface area contributed by atoms with Crippen molar-refractivity contribution >= 4 is 29.3 Å². The molecule has 3 aromatic carbocycles. The minimum Gasteiger partial charge on any atom is -0.494 e. The molecule has 3 aromatic rings. The van der Waals surface area contributed by atoms with Crippen LogP contribution in [0.15, 0.2) is 71.6 Å². The predicted octanol–water partition coefficient (Wildman–Crippen LogP) is 3.67. The number of carbonyl (C=O) groups is 1. The molecule has 0 spiro atoms. The van der Waals surface area contributed by atoms with Crippen molar-refractivity contribution in [2.75, 3.05) is 12.4 Å². The van der Waals surface area contributed by atoms with Gasteiger partial charge < -0.3 is 30.5 Å². The number of aliphatic hydroxyl groups excluding tert-OH is 3. The van der Waals surface area contributed by atoms with Crippen molar-refractivity contribution in [3.05, 3.63) is 94.0 Å². The van der Waals surface area contributed by atoms with Gasteiger partial charge in [0, 0.05) is 15.7 Å². The van der Waals surface area contributed by atoms with E-state index in [9.17, 15) is 20.1 Å². The maximum atomic E-state index is 11.2. The van der Waals surface area contributed by atoms with E-state index >= 15 is 0 Å². The summed E-state index contributed by atoms with van der Waals surface area (Å²) in [6.07, 6.45) is -4.85. The summed E-state index contributed by atoms with van der Waals surface area (Å²) >= 11 is 7.92. The third-order valence-corrected chi connectivity index (χ3v) is 7.88.